The van der Waals surface area contributed by atoms with Crippen LogP contribution in [0.15, 0.2) is 23.3 Å². The zero-order valence-corrected chi connectivity index (χ0v) is 12.1. The molecule has 8 heteroatoms. The third-order valence-electron chi connectivity index (χ3n) is 3.36. The van der Waals surface area contributed by atoms with Gasteiger partial charge in [0.25, 0.3) is 0 Å². The van der Waals surface area contributed by atoms with Crippen LogP contribution in [0.3, 0.4) is 0 Å². The van der Waals surface area contributed by atoms with Crippen molar-refractivity contribution < 1.29 is 17.9 Å². The molecule has 2 rings (SSSR count). The standard InChI is InChI=1S/C14H19F3N4O/c15-14(16,17)11-5-4-6-19-12(11)22-10-7-20-13(18)21-8-2-1-3-9-21/h4-6H,1-3,7-10H2,(H2,18,20). The quantitative estimate of drug-likeness (QED) is 0.526. The van der Waals surface area contributed by atoms with Gasteiger partial charge in [0.15, 0.2) is 5.96 Å². The average Bonchev–Trinajstić information content (AvgIpc) is 2.51. The molecule has 2 heterocycles. The predicted molar refractivity (Wildman–Crippen MR) is 76.6 cm³/mol. The first kappa shape index (κ1) is 16.4. The van der Waals surface area contributed by atoms with Gasteiger partial charge in [0.1, 0.15) is 12.2 Å². The van der Waals surface area contributed by atoms with Crippen LogP contribution in [0.1, 0.15) is 24.8 Å². The summed E-state index contributed by atoms with van der Waals surface area (Å²) in [6.07, 6.45) is 0.119. The summed E-state index contributed by atoms with van der Waals surface area (Å²) < 4.78 is 43.4. The number of likely N-dealkylation sites (tertiary alicyclic amines) is 1. The molecule has 1 aliphatic heterocycles. The van der Waals surface area contributed by atoms with E-state index in [0.29, 0.717) is 5.96 Å². The molecule has 0 aromatic carbocycles. The zero-order chi connectivity index (χ0) is 16.0. The van der Waals surface area contributed by atoms with Crippen LogP contribution in [-0.4, -0.2) is 42.1 Å². The highest BCUT2D eigenvalue weighted by Gasteiger charge is 2.34. The van der Waals surface area contributed by atoms with E-state index in [1.54, 1.807) is 0 Å². The molecule has 22 heavy (non-hydrogen) atoms. The summed E-state index contributed by atoms with van der Waals surface area (Å²) in [6, 6.07) is 2.16. The van der Waals surface area contributed by atoms with E-state index in [0.717, 1.165) is 32.0 Å². The summed E-state index contributed by atoms with van der Waals surface area (Å²) in [5.41, 5.74) is 4.97. The minimum Gasteiger partial charge on any atom is -0.475 e. The summed E-state index contributed by atoms with van der Waals surface area (Å²) in [6.45, 7) is 1.92. The number of pyridine rings is 1. The van der Waals surface area contributed by atoms with Crippen molar-refractivity contribution in [3.8, 4) is 5.88 Å². The number of hydrogen-bond acceptors (Lipinski definition) is 3. The number of aromatic nitrogens is 1. The fourth-order valence-electron chi connectivity index (χ4n) is 2.25. The Kier molecular flexibility index (Phi) is 5.46. The summed E-state index contributed by atoms with van der Waals surface area (Å²) in [5.74, 6) is -0.0119. The molecule has 1 aromatic heterocycles. The average molecular weight is 316 g/mol. The summed E-state index contributed by atoms with van der Waals surface area (Å²) >= 11 is 0. The second-order valence-electron chi connectivity index (χ2n) is 4.99. The lowest BCUT2D eigenvalue weighted by Crippen LogP contribution is -2.41. The van der Waals surface area contributed by atoms with Crippen LogP contribution in [-0.2, 0) is 6.18 Å². The smallest absolute Gasteiger partial charge is 0.421 e. The number of aliphatic imine (C=N–C) groups is 1. The highest BCUT2D eigenvalue weighted by Crippen LogP contribution is 2.34. The zero-order valence-electron chi connectivity index (χ0n) is 12.1. The van der Waals surface area contributed by atoms with E-state index >= 15 is 0 Å². The number of hydrogen-bond donors (Lipinski definition) is 1. The summed E-state index contributed by atoms with van der Waals surface area (Å²) in [5, 5.41) is 0. The van der Waals surface area contributed by atoms with Gasteiger partial charge in [-0.05, 0) is 31.4 Å². The van der Waals surface area contributed by atoms with Gasteiger partial charge in [0.2, 0.25) is 5.88 Å². The molecule has 0 aliphatic carbocycles. The maximum absolute atomic E-state index is 12.8. The monoisotopic (exact) mass is 316 g/mol. The molecule has 0 atom stereocenters. The Balaban J connectivity index is 1.86. The number of rotatable bonds is 4. The fraction of sp³-hybridized carbons (Fsp3) is 0.571. The predicted octanol–water partition coefficient (Wildman–Crippen LogP) is 2.28. The topological polar surface area (TPSA) is 63.7 Å². The molecule has 0 amide bonds. The lowest BCUT2D eigenvalue weighted by molar-refractivity contribution is -0.139. The van der Waals surface area contributed by atoms with E-state index in [1.165, 1.54) is 18.7 Å². The Morgan fingerprint density at radius 1 is 1.32 bits per heavy atom. The molecule has 122 valence electrons. The number of piperidine rings is 1. The van der Waals surface area contributed by atoms with Crippen LogP contribution in [0, 0.1) is 0 Å². The molecule has 1 saturated heterocycles. The summed E-state index contributed by atoms with van der Waals surface area (Å²) in [7, 11) is 0. The van der Waals surface area contributed by atoms with Crippen LogP contribution >= 0.6 is 0 Å². The largest absolute Gasteiger partial charge is 0.475 e. The molecular formula is C14H19F3N4O. The van der Waals surface area contributed by atoms with Crippen LogP contribution in [0.2, 0.25) is 0 Å². The fourth-order valence-corrected chi connectivity index (χ4v) is 2.25. The van der Waals surface area contributed by atoms with E-state index < -0.39 is 17.6 Å². The molecule has 0 saturated carbocycles. The van der Waals surface area contributed by atoms with Crippen LogP contribution < -0.4 is 10.5 Å². The second-order valence-corrected chi connectivity index (χ2v) is 4.99. The first-order valence-corrected chi connectivity index (χ1v) is 7.18. The van der Waals surface area contributed by atoms with Crippen molar-refractivity contribution in [2.45, 2.75) is 25.4 Å². The molecule has 2 N–H and O–H groups in total. The summed E-state index contributed by atoms with van der Waals surface area (Å²) in [4.78, 5) is 9.74. The van der Waals surface area contributed by atoms with Crippen LogP contribution in [0.4, 0.5) is 13.2 Å². The van der Waals surface area contributed by atoms with E-state index in [-0.39, 0.29) is 13.2 Å². The first-order chi connectivity index (χ1) is 10.5. The Labute approximate surface area is 127 Å². The normalized spacial score (nSPS) is 16.7. The van der Waals surface area contributed by atoms with Gasteiger partial charge in [-0.15, -0.1) is 0 Å². The van der Waals surface area contributed by atoms with Gasteiger partial charge >= 0.3 is 6.18 Å². The van der Waals surface area contributed by atoms with E-state index in [1.807, 2.05) is 4.90 Å². The third-order valence-corrected chi connectivity index (χ3v) is 3.36. The molecule has 1 fully saturated rings. The molecule has 1 aliphatic rings. The highest BCUT2D eigenvalue weighted by molar-refractivity contribution is 5.78. The molecular weight excluding hydrogens is 297 g/mol. The Morgan fingerprint density at radius 2 is 2.05 bits per heavy atom. The molecule has 0 radical (unpaired) electrons. The lowest BCUT2D eigenvalue weighted by atomic mass is 10.1. The minimum atomic E-state index is -4.49. The van der Waals surface area contributed by atoms with Crippen LogP contribution in [0.5, 0.6) is 5.88 Å². The van der Waals surface area contributed by atoms with Crippen molar-refractivity contribution in [3.63, 3.8) is 0 Å². The van der Waals surface area contributed by atoms with Gasteiger partial charge in [0.05, 0.1) is 6.54 Å². The number of ether oxygens (including phenoxy) is 1. The Hall–Kier alpha value is -1.99. The van der Waals surface area contributed by atoms with Gasteiger partial charge in [-0.2, -0.15) is 13.2 Å². The van der Waals surface area contributed by atoms with Gasteiger partial charge in [-0.1, -0.05) is 0 Å². The van der Waals surface area contributed by atoms with Crippen molar-refractivity contribution in [1.29, 1.82) is 0 Å². The van der Waals surface area contributed by atoms with Gasteiger partial charge in [0, 0.05) is 19.3 Å². The first-order valence-electron chi connectivity index (χ1n) is 7.18. The molecule has 1 aromatic rings. The van der Waals surface area contributed by atoms with Crippen molar-refractivity contribution in [2.24, 2.45) is 10.7 Å². The van der Waals surface area contributed by atoms with E-state index in [2.05, 4.69) is 9.98 Å². The van der Waals surface area contributed by atoms with Gasteiger partial charge < -0.3 is 15.4 Å². The number of guanidine groups is 1. The minimum absolute atomic E-state index is 0.00532. The molecule has 0 bridgehead atoms. The van der Waals surface area contributed by atoms with E-state index in [4.69, 9.17) is 10.5 Å². The van der Waals surface area contributed by atoms with E-state index in [9.17, 15) is 13.2 Å². The highest BCUT2D eigenvalue weighted by atomic mass is 19.4. The SMILES string of the molecule is NC(=NCCOc1ncccc1C(F)(F)F)N1CCCCC1. The van der Waals surface area contributed by atoms with Crippen LogP contribution in [0.25, 0.3) is 0 Å². The molecule has 0 spiro atoms. The van der Waals surface area contributed by atoms with Gasteiger partial charge in [-0.3, -0.25) is 0 Å². The number of nitrogens with two attached hydrogens (primary N) is 1. The maximum atomic E-state index is 12.8. The number of nitrogens with zero attached hydrogens (tertiary/aromatic N) is 3. The van der Waals surface area contributed by atoms with Crippen molar-refractivity contribution in [2.75, 3.05) is 26.2 Å². The van der Waals surface area contributed by atoms with Crippen molar-refractivity contribution in [1.82, 2.24) is 9.88 Å². The van der Waals surface area contributed by atoms with Crippen molar-refractivity contribution >= 4 is 5.96 Å². The number of alkyl halides is 3. The second kappa shape index (κ2) is 7.33. The Morgan fingerprint density at radius 3 is 2.73 bits per heavy atom. The maximum Gasteiger partial charge on any atom is 0.421 e. The van der Waals surface area contributed by atoms with Gasteiger partial charge in [-0.25, -0.2) is 9.98 Å². The Bertz CT molecular complexity index is 513. The number of halogens is 3. The molecule has 5 nitrogen and oxygen atoms in total. The lowest BCUT2D eigenvalue weighted by Gasteiger charge is -2.27. The third kappa shape index (κ3) is 4.51. The molecule has 0 unspecified atom stereocenters. The van der Waals surface area contributed by atoms with Crippen molar-refractivity contribution in [3.05, 3.63) is 23.9 Å².